The zero-order chi connectivity index (χ0) is 13.1. The lowest BCUT2D eigenvalue weighted by Crippen LogP contribution is -2.11. The minimum Gasteiger partial charge on any atom is -0.313 e. The molecule has 2 aromatic carbocycles. The van der Waals surface area contributed by atoms with Crippen molar-refractivity contribution < 1.29 is 0 Å². The number of nitrogens with one attached hydrogen (secondary N) is 1. The Labute approximate surface area is 118 Å². The Morgan fingerprint density at radius 1 is 0.889 bits per heavy atom. The smallest absolute Gasteiger partial charge is 0.0598 e. The zero-order valence-corrected chi connectivity index (χ0v) is 11.9. The van der Waals surface area contributed by atoms with Crippen LogP contribution >= 0.6 is 23.2 Å². The van der Waals surface area contributed by atoms with Crippen LogP contribution in [0.3, 0.4) is 0 Å². The van der Waals surface area contributed by atoms with Crippen LogP contribution in [0.5, 0.6) is 0 Å². The minimum atomic E-state index is 0.354. The largest absolute Gasteiger partial charge is 0.313 e. The van der Waals surface area contributed by atoms with Crippen molar-refractivity contribution in [3.05, 3.63) is 58.1 Å². The molecule has 0 radical (unpaired) electrons. The zero-order valence-electron chi connectivity index (χ0n) is 10.4. The van der Waals surface area contributed by atoms with E-state index in [0.717, 1.165) is 11.1 Å². The summed E-state index contributed by atoms with van der Waals surface area (Å²) in [5.41, 5.74) is 3.48. The van der Waals surface area contributed by atoms with Crippen molar-refractivity contribution in [3.63, 3.8) is 0 Å². The first-order valence-corrected chi connectivity index (χ1v) is 6.60. The van der Waals surface area contributed by atoms with Crippen LogP contribution < -0.4 is 5.32 Å². The van der Waals surface area contributed by atoms with Gasteiger partial charge in [-0.25, -0.2) is 0 Å². The van der Waals surface area contributed by atoms with Gasteiger partial charge in [0.15, 0.2) is 0 Å². The summed E-state index contributed by atoms with van der Waals surface area (Å²) < 4.78 is 0. The van der Waals surface area contributed by atoms with Gasteiger partial charge in [-0.3, -0.25) is 0 Å². The average molecular weight is 280 g/mol. The van der Waals surface area contributed by atoms with Crippen LogP contribution in [-0.4, -0.2) is 7.05 Å². The second-order valence-electron chi connectivity index (χ2n) is 4.26. The summed E-state index contributed by atoms with van der Waals surface area (Å²) in [5, 5.41) is 4.39. The van der Waals surface area contributed by atoms with Crippen LogP contribution in [-0.2, 0) is 0 Å². The van der Waals surface area contributed by atoms with Gasteiger partial charge in [0.1, 0.15) is 0 Å². The van der Waals surface area contributed by atoms with Gasteiger partial charge in [0.25, 0.3) is 0 Å². The van der Waals surface area contributed by atoms with E-state index in [4.69, 9.17) is 23.2 Å². The van der Waals surface area contributed by atoms with E-state index >= 15 is 0 Å². The summed E-state index contributed by atoms with van der Waals surface area (Å²) >= 11 is 11.9. The van der Waals surface area contributed by atoms with Gasteiger partial charge in [-0.15, -0.1) is 0 Å². The SMILES string of the molecule is CNC(C)c1ccc(-c2ccc(Cl)c(Cl)c2)cc1. The Bertz CT molecular complexity index is 535. The summed E-state index contributed by atoms with van der Waals surface area (Å²) in [7, 11) is 1.96. The van der Waals surface area contributed by atoms with Crippen LogP contribution in [0.1, 0.15) is 18.5 Å². The van der Waals surface area contributed by atoms with Crippen LogP contribution in [0.4, 0.5) is 0 Å². The lowest BCUT2D eigenvalue weighted by Gasteiger charge is -2.11. The van der Waals surface area contributed by atoms with Gasteiger partial charge < -0.3 is 5.32 Å². The Morgan fingerprint density at radius 2 is 1.50 bits per heavy atom. The fourth-order valence-corrected chi connectivity index (χ4v) is 2.10. The van der Waals surface area contributed by atoms with Crippen molar-refractivity contribution in [1.29, 1.82) is 0 Å². The molecule has 94 valence electrons. The molecule has 0 aromatic heterocycles. The molecule has 0 amide bonds. The standard InChI is InChI=1S/C15H15Cl2N/c1-10(18-2)11-3-5-12(6-4-11)13-7-8-14(16)15(17)9-13/h3-10,18H,1-2H3. The van der Waals surface area contributed by atoms with E-state index in [1.54, 1.807) is 0 Å². The number of halogens is 2. The molecule has 0 heterocycles. The highest BCUT2D eigenvalue weighted by atomic mass is 35.5. The lowest BCUT2D eigenvalue weighted by molar-refractivity contribution is 0.652. The minimum absolute atomic E-state index is 0.354. The van der Waals surface area contributed by atoms with E-state index in [2.05, 4.69) is 36.5 Å². The fraction of sp³-hybridized carbons (Fsp3) is 0.200. The topological polar surface area (TPSA) is 12.0 Å². The highest BCUT2D eigenvalue weighted by Crippen LogP contribution is 2.29. The predicted octanol–water partition coefficient (Wildman–Crippen LogP) is 4.94. The van der Waals surface area contributed by atoms with Gasteiger partial charge in [-0.2, -0.15) is 0 Å². The highest BCUT2D eigenvalue weighted by molar-refractivity contribution is 6.42. The third-order valence-electron chi connectivity index (χ3n) is 3.10. The first-order valence-electron chi connectivity index (χ1n) is 5.84. The van der Waals surface area contributed by atoms with Gasteiger partial charge in [0, 0.05) is 6.04 Å². The van der Waals surface area contributed by atoms with Gasteiger partial charge in [0.2, 0.25) is 0 Å². The second kappa shape index (κ2) is 5.75. The van der Waals surface area contributed by atoms with Gasteiger partial charge >= 0.3 is 0 Å². The maximum Gasteiger partial charge on any atom is 0.0598 e. The normalized spacial score (nSPS) is 12.4. The molecule has 2 rings (SSSR count). The van der Waals surface area contributed by atoms with E-state index in [9.17, 15) is 0 Å². The lowest BCUT2D eigenvalue weighted by atomic mass is 10.0. The van der Waals surface area contributed by atoms with E-state index in [0.29, 0.717) is 16.1 Å². The monoisotopic (exact) mass is 279 g/mol. The Morgan fingerprint density at radius 3 is 2.06 bits per heavy atom. The van der Waals surface area contributed by atoms with Gasteiger partial charge in [-0.1, -0.05) is 53.5 Å². The molecule has 0 spiro atoms. The van der Waals surface area contributed by atoms with Crippen LogP contribution in [0.15, 0.2) is 42.5 Å². The fourth-order valence-electron chi connectivity index (χ4n) is 1.81. The van der Waals surface area contributed by atoms with E-state index in [-0.39, 0.29) is 0 Å². The Balaban J connectivity index is 2.31. The molecule has 3 heteroatoms. The first-order chi connectivity index (χ1) is 8.61. The molecule has 1 atom stereocenters. The molecule has 0 aliphatic rings. The summed E-state index contributed by atoms with van der Waals surface area (Å²) in [4.78, 5) is 0. The van der Waals surface area contributed by atoms with Crippen molar-refractivity contribution in [2.45, 2.75) is 13.0 Å². The molecule has 18 heavy (non-hydrogen) atoms. The molecular weight excluding hydrogens is 265 g/mol. The highest BCUT2D eigenvalue weighted by Gasteiger charge is 2.04. The van der Waals surface area contributed by atoms with Gasteiger partial charge in [-0.05, 0) is 42.8 Å². The Hall–Kier alpha value is -1.02. The summed E-state index contributed by atoms with van der Waals surface area (Å²) in [6.07, 6.45) is 0. The van der Waals surface area contributed by atoms with E-state index in [1.165, 1.54) is 5.56 Å². The maximum absolute atomic E-state index is 6.03. The van der Waals surface area contributed by atoms with Crippen molar-refractivity contribution in [2.24, 2.45) is 0 Å². The molecule has 0 fully saturated rings. The molecule has 1 nitrogen and oxygen atoms in total. The second-order valence-corrected chi connectivity index (χ2v) is 5.08. The van der Waals surface area contributed by atoms with Crippen LogP contribution in [0.2, 0.25) is 10.0 Å². The summed E-state index contributed by atoms with van der Waals surface area (Å²) in [6.45, 7) is 2.13. The summed E-state index contributed by atoms with van der Waals surface area (Å²) in [5.74, 6) is 0. The Kier molecular flexibility index (Phi) is 4.28. The molecule has 0 aliphatic heterocycles. The number of hydrogen-bond donors (Lipinski definition) is 1. The molecule has 1 unspecified atom stereocenters. The third-order valence-corrected chi connectivity index (χ3v) is 3.84. The van der Waals surface area contributed by atoms with Crippen LogP contribution in [0, 0.1) is 0 Å². The van der Waals surface area contributed by atoms with Crippen LogP contribution in [0.25, 0.3) is 11.1 Å². The number of rotatable bonds is 3. The van der Waals surface area contributed by atoms with Crippen molar-refractivity contribution in [2.75, 3.05) is 7.05 Å². The first kappa shape index (κ1) is 13.4. The van der Waals surface area contributed by atoms with Crippen molar-refractivity contribution in [1.82, 2.24) is 5.32 Å². The van der Waals surface area contributed by atoms with Crippen molar-refractivity contribution in [3.8, 4) is 11.1 Å². The van der Waals surface area contributed by atoms with Gasteiger partial charge in [0.05, 0.1) is 10.0 Å². The number of benzene rings is 2. The maximum atomic E-state index is 6.03. The van der Waals surface area contributed by atoms with E-state index in [1.807, 2.05) is 25.2 Å². The molecule has 0 saturated carbocycles. The van der Waals surface area contributed by atoms with Crippen molar-refractivity contribution >= 4 is 23.2 Å². The third kappa shape index (κ3) is 2.86. The molecule has 0 saturated heterocycles. The molecule has 0 aliphatic carbocycles. The predicted molar refractivity (Wildman–Crippen MR) is 79.4 cm³/mol. The molecular formula is C15H15Cl2N. The molecule has 0 bridgehead atoms. The number of hydrogen-bond acceptors (Lipinski definition) is 1. The molecule has 2 aromatic rings. The van der Waals surface area contributed by atoms with E-state index < -0.39 is 0 Å². The average Bonchev–Trinajstić information content (AvgIpc) is 2.41. The molecule has 1 N–H and O–H groups in total. The quantitative estimate of drug-likeness (QED) is 0.839. The summed E-state index contributed by atoms with van der Waals surface area (Å²) in [6, 6.07) is 14.5.